The van der Waals surface area contributed by atoms with Gasteiger partial charge in [-0.25, -0.2) is 0 Å². The highest BCUT2D eigenvalue weighted by Crippen LogP contribution is 2.23. The van der Waals surface area contributed by atoms with Crippen LogP contribution in [0.4, 0.5) is 0 Å². The molecule has 1 N–H and O–H groups in total. The number of para-hydroxylation sites is 1. The summed E-state index contributed by atoms with van der Waals surface area (Å²) in [5, 5.41) is 10.1. The third kappa shape index (κ3) is 3.24. The van der Waals surface area contributed by atoms with Crippen LogP contribution in [-0.4, -0.2) is 18.3 Å². The maximum Gasteiger partial charge on any atom is 0.122 e. The molecule has 2 heteroatoms. The summed E-state index contributed by atoms with van der Waals surface area (Å²) in [7, 11) is 1.67. The number of benzene rings is 1. The lowest BCUT2D eigenvalue weighted by Gasteiger charge is -2.20. The molecule has 2 nitrogen and oxygen atoms in total. The summed E-state index contributed by atoms with van der Waals surface area (Å²) in [4.78, 5) is 0. The molecular weight excluding hydrogens is 200 g/mol. The van der Waals surface area contributed by atoms with E-state index in [-0.39, 0.29) is 6.10 Å². The second kappa shape index (κ2) is 6.54. The highest BCUT2D eigenvalue weighted by molar-refractivity contribution is 5.33. The van der Waals surface area contributed by atoms with E-state index in [0.717, 1.165) is 24.2 Å². The van der Waals surface area contributed by atoms with Crippen molar-refractivity contribution >= 4 is 0 Å². The molecule has 0 aromatic heterocycles. The average molecular weight is 222 g/mol. The first-order valence-corrected chi connectivity index (χ1v) is 6.02. The topological polar surface area (TPSA) is 29.5 Å². The molecule has 1 atom stereocenters. The fourth-order valence-corrected chi connectivity index (χ4v) is 2.10. The summed E-state index contributed by atoms with van der Waals surface area (Å²) in [5.74, 6) is 1.25. The van der Waals surface area contributed by atoms with Crippen molar-refractivity contribution < 1.29 is 9.84 Å². The molecule has 0 saturated heterocycles. The van der Waals surface area contributed by atoms with E-state index in [1.807, 2.05) is 24.3 Å². The minimum Gasteiger partial charge on any atom is -0.496 e. The SMILES string of the molecule is CCC(CC)C(O)Cc1ccccc1OC. The molecule has 0 fully saturated rings. The largest absolute Gasteiger partial charge is 0.496 e. The number of rotatable bonds is 6. The molecule has 1 rings (SSSR count). The van der Waals surface area contributed by atoms with Crippen LogP contribution < -0.4 is 4.74 Å². The van der Waals surface area contributed by atoms with E-state index in [2.05, 4.69) is 13.8 Å². The van der Waals surface area contributed by atoms with Crippen molar-refractivity contribution in [3.8, 4) is 5.75 Å². The lowest BCUT2D eigenvalue weighted by molar-refractivity contribution is 0.102. The first-order chi connectivity index (χ1) is 7.72. The van der Waals surface area contributed by atoms with Gasteiger partial charge in [0, 0.05) is 6.42 Å². The first-order valence-electron chi connectivity index (χ1n) is 6.02. The van der Waals surface area contributed by atoms with E-state index in [4.69, 9.17) is 4.74 Å². The van der Waals surface area contributed by atoms with E-state index in [1.165, 1.54) is 0 Å². The third-order valence-corrected chi connectivity index (χ3v) is 3.21. The third-order valence-electron chi connectivity index (χ3n) is 3.21. The zero-order valence-corrected chi connectivity index (χ0v) is 10.4. The zero-order valence-electron chi connectivity index (χ0n) is 10.4. The van der Waals surface area contributed by atoms with Gasteiger partial charge in [0.1, 0.15) is 5.75 Å². The van der Waals surface area contributed by atoms with E-state index in [0.29, 0.717) is 12.3 Å². The van der Waals surface area contributed by atoms with Gasteiger partial charge in [-0.05, 0) is 17.5 Å². The molecule has 0 radical (unpaired) electrons. The summed E-state index contributed by atoms with van der Waals surface area (Å²) in [6.45, 7) is 4.25. The Morgan fingerprint density at radius 2 is 1.81 bits per heavy atom. The fourth-order valence-electron chi connectivity index (χ4n) is 2.10. The molecule has 16 heavy (non-hydrogen) atoms. The van der Waals surface area contributed by atoms with Crippen LogP contribution in [0.25, 0.3) is 0 Å². The second-order valence-electron chi connectivity index (χ2n) is 4.16. The normalized spacial score (nSPS) is 12.8. The van der Waals surface area contributed by atoms with Gasteiger partial charge < -0.3 is 9.84 Å². The molecule has 0 heterocycles. The molecule has 0 bridgehead atoms. The summed E-state index contributed by atoms with van der Waals surface area (Å²) >= 11 is 0. The van der Waals surface area contributed by atoms with Crippen molar-refractivity contribution in [2.45, 2.75) is 39.2 Å². The number of hydrogen-bond acceptors (Lipinski definition) is 2. The standard InChI is InChI=1S/C14H22O2/c1-4-11(5-2)13(15)10-12-8-6-7-9-14(12)16-3/h6-9,11,13,15H,4-5,10H2,1-3H3. The molecule has 0 amide bonds. The molecule has 0 spiro atoms. The number of hydrogen-bond donors (Lipinski definition) is 1. The Morgan fingerprint density at radius 1 is 1.19 bits per heavy atom. The molecule has 0 aliphatic heterocycles. The predicted molar refractivity (Wildman–Crippen MR) is 66.8 cm³/mol. The van der Waals surface area contributed by atoms with Crippen molar-refractivity contribution in [1.82, 2.24) is 0 Å². The van der Waals surface area contributed by atoms with Crippen molar-refractivity contribution in [1.29, 1.82) is 0 Å². The number of ether oxygens (including phenoxy) is 1. The molecule has 0 aliphatic carbocycles. The van der Waals surface area contributed by atoms with Crippen LogP contribution >= 0.6 is 0 Å². The van der Waals surface area contributed by atoms with Gasteiger partial charge >= 0.3 is 0 Å². The van der Waals surface area contributed by atoms with Crippen molar-refractivity contribution in [2.24, 2.45) is 5.92 Å². The molecule has 0 aliphatic rings. The van der Waals surface area contributed by atoms with E-state index in [9.17, 15) is 5.11 Å². The van der Waals surface area contributed by atoms with Crippen molar-refractivity contribution in [3.05, 3.63) is 29.8 Å². The molecule has 0 saturated carbocycles. The Labute approximate surface area is 98.3 Å². The van der Waals surface area contributed by atoms with Crippen LogP contribution in [0.5, 0.6) is 5.75 Å². The van der Waals surface area contributed by atoms with Crippen LogP contribution in [0.15, 0.2) is 24.3 Å². The maximum atomic E-state index is 10.1. The smallest absolute Gasteiger partial charge is 0.122 e. The quantitative estimate of drug-likeness (QED) is 0.801. The minimum atomic E-state index is -0.272. The van der Waals surface area contributed by atoms with Crippen LogP contribution in [0.1, 0.15) is 32.3 Å². The van der Waals surface area contributed by atoms with Gasteiger partial charge in [-0.2, -0.15) is 0 Å². The Balaban J connectivity index is 2.71. The van der Waals surface area contributed by atoms with Crippen LogP contribution in [0, 0.1) is 5.92 Å². The van der Waals surface area contributed by atoms with E-state index >= 15 is 0 Å². The Morgan fingerprint density at radius 3 is 2.38 bits per heavy atom. The van der Waals surface area contributed by atoms with Gasteiger partial charge in [0.2, 0.25) is 0 Å². The van der Waals surface area contributed by atoms with Gasteiger partial charge in [-0.1, -0.05) is 44.9 Å². The summed E-state index contributed by atoms with van der Waals surface area (Å²) in [6.07, 6.45) is 2.45. The molecule has 1 aromatic rings. The average Bonchev–Trinajstić information content (AvgIpc) is 2.31. The molecule has 90 valence electrons. The van der Waals surface area contributed by atoms with Crippen LogP contribution in [0.2, 0.25) is 0 Å². The molecular formula is C14H22O2. The van der Waals surface area contributed by atoms with E-state index < -0.39 is 0 Å². The van der Waals surface area contributed by atoms with Crippen molar-refractivity contribution in [3.63, 3.8) is 0 Å². The number of aliphatic hydroxyl groups is 1. The predicted octanol–water partition coefficient (Wildman–Crippen LogP) is 3.03. The Kier molecular flexibility index (Phi) is 5.33. The maximum absolute atomic E-state index is 10.1. The zero-order chi connectivity index (χ0) is 12.0. The molecule has 1 unspecified atom stereocenters. The highest BCUT2D eigenvalue weighted by atomic mass is 16.5. The minimum absolute atomic E-state index is 0.272. The van der Waals surface area contributed by atoms with Crippen LogP contribution in [0.3, 0.4) is 0 Å². The lowest BCUT2D eigenvalue weighted by Crippen LogP contribution is -2.22. The Bertz CT molecular complexity index is 305. The van der Waals surface area contributed by atoms with Crippen molar-refractivity contribution in [2.75, 3.05) is 7.11 Å². The summed E-state index contributed by atoms with van der Waals surface area (Å²) in [6, 6.07) is 7.89. The monoisotopic (exact) mass is 222 g/mol. The fraction of sp³-hybridized carbons (Fsp3) is 0.571. The summed E-state index contributed by atoms with van der Waals surface area (Å²) in [5.41, 5.74) is 1.09. The number of methoxy groups -OCH3 is 1. The van der Waals surface area contributed by atoms with Gasteiger partial charge in [-0.15, -0.1) is 0 Å². The number of aliphatic hydroxyl groups excluding tert-OH is 1. The highest BCUT2D eigenvalue weighted by Gasteiger charge is 2.17. The first kappa shape index (κ1) is 13.0. The van der Waals surface area contributed by atoms with Gasteiger partial charge in [0.25, 0.3) is 0 Å². The van der Waals surface area contributed by atoms with E-state index in [1.54, 1.807) is 7.11 Å². The van der Waals surface area contributed by atoms with Gasteiger partial charge in [0.15, 0.2) is 0 Å². The van der Waals surface area contributed by atoms with Gasteiger partial charge in [-0.3, -0.25) is 0 Å². The summed E-state index contributed by atoms with van der Waals surface area (Å²) < 4.78 is 5.28. The second-order valence-corrected chi connectivity index (χ2v) is 4.16. The molecule has 1 aromatic carbocycles. The van der Waals surface area contributed by atoms with Gasteiger partial charge in [0.05, 0.1) is 13.2 Å². The lowest BCUT2D eigenvalue weighted by atomic mass is 9.91. The van der Waals surface area contributed by atoms with Crippen LogP contribution in [-0.2, 0) is 6.42 Å². The Hall–Kier alpha value is -1.02.